The molecule has 1 fully saturated rings. The zero-order chi connectivity index (χ0) is 17.7. The highest BCUT2D eigenvalue weighted by molar-refractivity contribution is 5.38. The van der Waals surface area contributed by atoms with E-state index in [9.17, 15) is 5.11 Å². The van der Waals surface area contributed by atoms with E-state index in [1.807, 2.05) is 60.7 Å². The summed E-state index contributed by atoms with van der Waals surface area (Å²) in [6.45, 7) is 4.41. The van der Waals surface area contributed by atoms with Crippen LogP contribution in [0.2, 0.25) is 0 Å². The van der Waals surface area contributed by atoms with Crippen LogP contribution < -0.4 is 5.32 Å². The topological polar surface area (TPSA) is 32.3 Å². The van der Waals surface area contributed by atoms with Gasteiger partial charge in [-0.3, -0.25) is 0 Å². The van der Waals surface area contributed by atoms with Gasteiger partial charge >= 0.3 is 0 Å². The van der Waals surface area contributed by atoms with Gasteiger partial charge in [0.1, 0.15) is 5.60 Å². The molecule has 1 aliphatic rings. The number of hydrogen-bond donors (Lipinski definition) is 2. The predicted octanol–water partition coefficient (Wildman–Crippen LogP) is 4.87. The second-order valence-corrected chi connectivity index (χ2v) is 7.72. The number of aliphatic hydroxyl groups is 1. The first-order chi connectivity index (χ1) is 12.1. The molecule has 0 unspecified atom stereocenters. The van der Waals surface area contributed by atoms with Crippen molar-refractivity contribution >= 4 is 0 Å². The van der Waals surface area contributed by atoms with Gasteiger partial charge in [-0.1, -0.05) is 93.8 Å². The molecule has 134 valence electrons. The average molecular weight is 338 g/mol. The minimum atomic E-state index is -1.03. The first-order valence-corrected chi connectivity index (χ1v) is 9.72. The quantitative estimate of drug-likeness (QED) is 0.788. The molecular formula is C23H31NO. The molecule has 0 saturated heterocycles. The molecule has 2 aromatic rings. The number of rotatable bonds is 6. The molecular weight excluding hydrogens is 306 g/mol. The van der Waals surface area contributed by atoms with Crippen LogP contribution in [0.1, 0.15) is 57.1 Å². The molecule has 0 bridgehead atoms. The smallest absolute Gasteiger partial charge is 0.130 e. The lowest BCUT2D eigenvalue weighted by molar-refractivity contribution is 0.0119. The normalized spacial score (nSPS) is 17.6. The highest BCUT2D eigenvalue weighted by Crippen LogP contribution is 2.37. The fourth-order valence-corrected chi connectivity index (χ4v) is 4.23. The van der Waals surface area contributed by atoms with Crippen molar-refractivity contribution in [2.75, 3.05) is 0 Å². The Morgan fingerprint density at radius 3 is 1.76 bits per heavy atom. The average Bonchev–Trinajstić information content (AvgIpc) is 2.67. The fraction of sp³-hybridized carbons (Fsp3) is 0.478. The van der Waals surface area contributed by atoms with Gasteiger partial charge in [-0.2, -0.15) is 0 Å². The predicted molar refractivity (Wildman–Crippen MR) is 105 cm³/mol. The van der Waals surface area contributed by atoms with Gasteiger partial charge in [-0.15, -0.1) is 0 Å². The van der Waals surface area contributed by atoms with Crippen LogP contribution in [0, 0.1) is 5.92 Å². The van der Waals surface area contributed by atoms with E-state index < -0.39 is 5.60 Å². The number of benzene rings is 2. The fourth-order valence-electron chi connectivity index (χ4n) is 4.23. The van der Waals surface area contributed by atoms with E-state index >= 15 is 0 Å². The van der Waals surface area contributed by atoms with Gasteiger partial charge in [0, 0.05) is 12.1 Å². The minimum absolute atomic E-state index is 0.0274. The lowest BCUT2D eigenvalue weighted by Crippen LogP contribution is -2.55. The van der Waals surface area contributed by atoms with Crippen LogP contribution >= 0.6 is 0 Å². The summed E-state index contributed by atoms with van der Waals surface area (Å²) in [6, 6.07) is 20.7. The van der Waals surface area contributed by atoms with Crippen molar-refractivity contribution in [1.82, 2.24) is 5.32 Å². The van der Waals surface area contributed by atoms with Crippen molar-refractivity contribution in [3.63, 3.8) is 0 Å². The van der Waals surface area contributed by atoms with E-state index in [0.717, 1.165) is 11.1 Å². The lowest BCUT2D eigenvalue weighted by atomic mass is 9.75. The van der Waals surface area contributed by atoms with E-state index in [4.69, 9.17) is 0 Å². The Balaban J connectivity index is 2.01. The molecule has 2 heteroatoms. The Morgan fingerprint density at radius 1 is 0.840 bits per heavy atom. The molecule has 1 aliphatic carbocycles. The summed E-state index contributed by atoms with van der Waals surface area (Å²) in [4.78, 5) is 0. The van der Waals surface area contributed by atoms with Gasteiger partial charge in [0.15, 0.2) is 0 Å². The van der Waals surface area contributed by atoms with Gasteiger partial charge in [0.05, 0.1) is 0 Å². The summed E-state index contributed by atoms with van der Waals surface area (Å²) in [5.41, 5.74) is 0.889. The van der Waals surface area contributed by atoms with E-state index in [0.29, 0.717) is 12.0 Å². The van der Waals surface area contributed by atoms with Gasteiger partial charge in [0.2, 0.25) is 0 Å². The summed E-state index contributed by atoms with van der Waals surface area (Å²) in [5, 5.41) is 15.9. The third kappa shape index (κ3) is 3.96. The Morgan fingerprint density at radius 2 is 1.32 bits per heavy atom. The Labute approximate surface area is 152 Å². The molecule has 2 nitrogen and oxygen atoms in total. The molecule has 25 heavy (non-hydrogen) atoms. The summed E-state index contributed by atoms with van der Waals surface area (Å²) in [7, 11) is 0. The van der Waals surface area contributed by atoms with Crippen LogP contribution in [0.15, 0.2) is 60.7 Å². The Bertz CT molecular complexity index is 592. The summed E-state index contributed by atoms with van der Waals surface area (Å²) in [5.74, 6) is 0.312. The second kappa shape index (κ2) is 8.16. The van der Waals surface area contributed by atoms with Crippen LogP contribution in [0.5, 0.6) is 0 Å². The Hall–Kier alpha value is -1.64. The highest BCUT2D eigenvalue weighted by Gasteiger charge is 2.42. The molecule has 0 amide bonds. The van der Waals surface area contributed by atoms with Gasteiger partial charge < -0.3 is 10.4 Å². The zero-order valence-electron chi connectivity index (χ0n) is 15.5. The van der Waals surface area contributed by atoms with Crippen molar-refractivity contribution in [1.29, 1.82) is 0 Å². The van der Waals surface area contributed by atoms with Crippen LogP contribution in [-0.4, -0.2) is 17.2 Å². The maximum absolute atomic E-state index is 12.1. The molecule has 1 atom stereocenters. The third-order valence-electron chi connectivity index (χ3n) is 5.56. The maximum atomic E-state index is 12.1. The molecule has 0 spiro atoms. The van der Waals surface area contributed by atoms with Crippen LogP contribution in [0.25, 0.3) is 0 Å². The minimum Gasteiger partial charge on any atom is -0.379 e. The van der Waals surface area contributed by atoms with Crippen LogP contribution in [-0.2, 0) is 5.60 Å². The van der Waals surface area contributed by atoms with Gasteiger partial charge in [-0.05, 0) is 29.9 Å². The maximum Gasteiger partial charge on any atom is 0.130 e. The largest absolute Gasteiger partial charge is 0.379 e. The van der Waals surface area contributed by atoms with Crippen molar-refractivity contribution in [3.05, 3.63) is 71.8 Å². The monoisotopic (exact) mass is 337 g/mol. The molecule has 1 saturated carbocycles. The van der Waals surface area contributed by atoms with Crippen molar-refractivity contribution in [2.45, 2.75) is 63.6 Å². The van der Waals surface area contributed by atoms with E-state index in [-0.39, 0.29) is 6.04 Å². The number of nitrogens with one attached hydrogen (secondary N) is 1. The number of hydrogen-bond acceptors (Lipinski definition) is 2. The molecule has 3 rings (SSSR count). The van der Waals surface area contributed by atoms with E-state index in [1.54, 1.807) is 0 Å². The third-order valence-corrected chi connectivity index (χ3v) is 5.56. The van der Waals surface area contributed by atoms with Gasteiger partial charge in [0.25, 0.3) is 0 Å². The van der Waals surface area contributed by atoms with Crippen molar-refractivity contribution < 1.29 is 5.11 Å². The molecule has 0 radical (unpaired) electrons. The zero-order valence-corrected chi connectivity index (χ0v) is 15.5. The Kier molecular flexibility index (Phi) is 5.93. The van der Waals surface area contributed by atoms with Crippen molar-refractivity contribution in [3.8, 4) is 0 Å². The van der Waals surface area contributed by atoms with Crippen LogP contribution in [0.4, 0.5) is 0 Å². The van der Waals surface area contributed by atoms with E-state index in [1.165, 1.54) is 32.1 Å². The van der Waals surface area contributed by atoms with E-state index in [2.05, 4.69) is 19.2 Å². The first kappa shape index (κ1) is 18.2. The molecule has 2 N–H and O–H groups in total. The van der Waals surface area contributed by atoms with Crippen LogP contribution in [0.3, 0.4) is 0 Å². The summed E-state index contributed by atoms with van der Waals surface area (Å²) in [6.07, 6.45) is 6.34. The SMILES string of the molecule is CC(C)[C@@H](NC1CCCCC1)C(O)(c1ccccc1)c1ccccc1. The first-order valence-electron chi connectivity index (χ1n) is 9.72. The summed E-state index contributed by atoms with van der Waals surface area (Å²) < 4.78 is 0. The highest BCUT2D eigenvalue weighted by atomic mass is 16.3. The standard InChI is InChI=1S/C23H31NO/c1-18(2)22(24-21-16-10-5-11-17-21)23(25,19-12-6-3-7-13-19)20-14-8-4-9-15-20/h3-4,6-9,12-15,18,21-22,24-25H,5,10-11,16-17H2,1-2H3/t22-/m1/s1. The summed E-state index contributed by atoms with van der Waals surface area (Å²) >= 11 is 0. The molecule has 0 aromatic heterocycles. The molecule has 0 aliphatic heterocycles. The van der Waals surface area contributed by atoms with Crippen molar-refractivity contribution in [2.24, 2.45) is 5.92 Å². The molecule has 2 aromatic carbocycles. The molecule has 0 heterocycles. The van der Waals surface area contributed by atoms with Gasteiger partial charge in [-0.25, -0.2) is 0 Å². The lowest BCUT2D eigenvalue weighted by Gasteiger charge is -2.42. The second-order valence-electron chi connectivity index (χ2n) is 7.72.